The van der Waals surface area contributed by atoms with E-state index in [1.807, 2.05) is 6.92 Å². The highest BCUT2D eigenvalue weighted by molar-refractivity contribution is 6.30. The smallest absolute Gasteiger partial charge is 0.408 e. The van der Waals surface area contributed by atoms with E-state index >= 15 is 0 Å². The zero-order chi connectivity index (χ0) is 19.0. The van der Waals surface area contributed by atoms with Crippen LogP contribution in [0.1, 0.15) is 5.56 Å². The molecule has 0 atom stereocenters. The molecule has 4 aromatic rings. The second-order valence-corrected chi connectivity index (χ2v) is 6.24. The van der Waals surface area contributed by atoms with Gasteiger partial charge in [0, 0.05) is 23.1 Å². The number of hydrogen-bond acceptors (Lipinski definition) is 6. The first-order chi connectivity index (χ1) is 13.0. The van der Waals surface area contributed by atoms with Crippen molar-refractivity contribution in [2.45, 2.75) is 6.92 Å². The van der Waals surface area contributed by atoms with Gasteiger partial charge in [-0.25, -0.2) is 14.2 Å². The first-order valence-electron chi connectivity index (χ1n) is 7.93. The molecule has 0 saturated carbocycles. The number of aromatic amines is 1. The van der Waals surface area contributed by atoms with Crippen molar-refractivity contribution in [2.24, 2.45) is 0 Å². The lowest BCUT2D eigenvalue weighted by molar-refractivity contribution is 0.555. The third kappa shape index (κ3) is 3.61. The number of anilines is 4. The summed E-state index contributed by atoms with van der Waals surface area (Å²) in [5.41, 5.74) is 3.04. The van der Waals surface area contributed by atoms with Gasteiger partial charge in [-0.15, -0.1) is 0 Å². The Morgan fingerprint density at radius 3 is 2.74 bits per heavy atom. The van der Waals surface area contributed by atoms with E-state index in [9.17, 15) is 9.18 Å². The molecule has 7 nitrogen and oxygen atoms in total. The number of fused-ring (bicyclic) bond motifs is 1. The maximum atomic E-state index is 13.6. The van der Waals surface area contributed by atoms with Crippen LogP contribution in [-0.4, -0.2) is 15.0 Å². The third-order valence-electron chi connectivity index (χ3n) is 3.83. The van der Waals surface area contributed by atoms with E-state index in [1.54, 1.807) is 30.5 Å². The molecule has 2 heterocycles. The van der Waals surface area contributed by atoms with Crippen molar-refractivity contribution in [1.29, 1.82) is 0 Å². The third-order valence-corrected chi connectivity index (χ3v) is 4.14. The molecule has 9 heteroatoms. The van der Waals surface area contributed by atoms with Crippen LogP contribution in [0.4, 0.5) is 27.5 Å². The fourth-order valence-electron chi connectivity index (χ4n) is 2.50. The van der Waals surface area contributed by atoms with E-state index < -0.39 is 11.6 Å². The standard InChI is InChI=1S/C18H13ClFN5O2/c1-9-8-21-17(23-10-2-4-12(19)13(20)6-10)25-16(9)22-11-3-5-15-14(7-11)24-18(26)27-15/h2-8H,1H3,(H,24,26)(H2,21,22,23,25). The van der Waals surface area contributed by atoms with Crippen LogP contribution in [0.5, 0.6) is 0 Å². The molecular weight excluding hydrogens is 373 g/mol. The Morgan fingerprint density at radius 2 is 1.93 bits per heavy atom. The van der Waals surface area contributed by atoms with E-state index in [0.29, 0.717) is 34.2 Å². The number of aromatic nitrogens is 3. The highest BCUT2D eigenvalue weighted by atomic mass is 35.5. The Hall–Kier alpha value is -3.39. The lowest BCUT2D eigenvalue weighted by Gasteiger charge is -2.11. The summed E-state index contributed by atoms with van der Waals surface area (Å²) in [5, 5.41) is 6.15. The molecular formula is C18H13ClFN5O2. The summed E-state index contributed by atoms with van der Waals surface area (Å²) in [6, 6.07) is 9.54. The predicted molar refractivity (Wildman–Crippen MR) is 102 cm³/mol. The number of H-pyrrole nitrogens is 1. The summed E-state index contributed by atoms with van der Waals surface area (Å²) < 4.78 is 18.6. The summed E-state index contributed by atoms with van der Waals surface area (Å²) in [4.78, 5) is 22.5. The van der Waals surface area contributed by atoms with Gasteiger partial charge in [0.05, 0.1) is 10.5 Å². The topological polar surface area (TPSA) is 95.8 Å². The largest absolute Gasteiger partial charge is 0.417 e. The van der Waals surface area contributed by atoms with Crippen molar-refractivity contribution in [1.82, 2.24) is 15.0 Å². The Labute approximate surface area is 157 Å². The first-order valence-corrected chi connectivity index (χ1v) is 8.31. The number of hydrogen-bond donors (Lipinski definition) is 3. The van der Waals surface area contributed by atoms with Crippen LogP contribution in [0.15, 0.2) is 51.8 Å². The van der Waals surface area contributed by atoms with Crippen LogP contribution in [-0.2, 0) is 0 Å². The van der Waals surface area contributed by atoms with Crippen LogP contribution < -0.4 is 16.4 Å². The van der Waals surface area contributed by atoms with Crippen molar-refractivity contribution in [2.75, 3.05) is 10.6 Å². The van der Waals surface area contributed by atoms with Crippen molar-refractivity contribution in [3.63, 3.8) is 0 Å². The van der Waals surface area contributed by atoms with Crippen LogP contribution in [0, 0.1) is 12.7 Å². The fraction of sp³-hybridized carbons (Fsp3) is 0.0556. The lowest BCUT2D eigenvalue weighted by atomic mass is 10.2. The van der Waals surface area contributed by atoms with Gasteiger partial charge in [0.25, 0.3) is 0 Å². The molecule has 0 aliphatic carbocycles. The molecule has 0 spiro atoms. The van der Waals surface area contributed by atoms with Crippen molar-refractivity contribution < 1.29 is 8.81 Å². The number of oxazole rings is 1. The van der Waals surface area contributed by atoms with Gasteiger partial charge in [0.15, 0.2) is 5.58 Å². The second kappa shape index (κ2) is 6.73. The zero-order valence-electron chi connectivity index (χ0n) is 14.0. The molecule has 27 heavy (non-hydrogen) atoms. The summed E-state index contributed by atoms with van der Waals surface area (Å²) in [7, 11) is 0. The average molecular weight is 386 g/mol. The van der Waals surface area contributed by atoms with E-state index in [0.717, 1.165) is 5.56 Å². The van der Waals surface area contributed by atoms with Gasteiger partial charge in [-0.3, -0.25) is 4.98 Å². The molecule has 2 aromatic heterocycles. The van der Waals surface area contributed by atoms with E-state index in [2.05, 4.69) is 25.6 Å². The Balaban J connectivity index is 1.61. The maximum Gasteiger partial charge on any atom is 0.417 e. The molecule has 0 fully saturated rings. The maximum absolute atomic E-state index is 13.6. The number of nitrogens with zero attached hydrogens (tertiary/aromatic N) is 2. The molecule has 0 saturated heterocycles. The molecule has 0 radical (unpaired) electrons. The summed E-state index contributed by atoms with van der Waals surface area (Å²) in [5.74, 6) is -0.189. The monoisotopic (exact) mass is 385 g/mol. The summed E-state index contributed by atoms with van der Waals surface area (Å²) in [6.45, 7) is 1.85. The van der Waals surface area contributed by atoms with Gasteiger partial charge < -0.3 is 15.1 Å². The Kier molecular flexibility index (Phi) is 4.25. The van der Waals surface area contributed by atoms with E-state index in [1.165, 1.54) is 12.1 Å². The molecule has 0 aliphatic heterocycles. The first kappa shape index (κ1) is 17.0. The normalized spacial score (nSPS) is 10.9. The minimum Gasteiger partial charge on any atom is -0.408 e. The minimum atomic E-state index is -0.533. The number of rotatable bonds is 4. The van der Waals surface area contributed by atoms with Crippen LogP contribution in [0.3, 0.4) is 0 Å². The summed E-state index contributed by atoms with van der Waals surface area (Å²) >= 11 is 5.69. The highest BCUT2D eigenvalue weighted by Crippen LogP contribution is 2.24. The van der Waals surface area contributed by atoms with Gasteiger partial charge in [0.2, 0.25) is 5.95 Å². The van der Waals surface area contributed by atoms with Gasteiger partial charge in [0.1, 0.15) is 11.6 Å². The average Bonchev–Trinajstić information content (AvgIpc) is 3.00. The predicted octanol–water partition coefficient (Wildman–Crippen LogP) is 4.50. The molecule has 2 aromatic carbocycles. The van der Waals surface area contributed by atoms with Gasteiger partial charge in [-0.2, -0.15) is 4.98 Å². The zero-order valence-corrected chi connectivity index (χ0v) is 14.8. The van der Waals surface area contributed by atoms with Crippen LogP contribution >= 0.6 is 11.6 Å². The van der Waals surface area contributed by atoms with E-state index in [-0.39, 0.29) is 5.02 Å². The molecule has 136 valence electrons. The number of halogens is 2. The second-order valence-electron chi connectivity index (χ2n) is 5.83. The van der Waals surface area contributed by atoms with Gasteiger partial charge >= 0.3 is 5.76 Å². The lowest BCUT2D eigenvalue weighted by Crippen LogP contribution is -2.03. The van der Waals surface area contributed by atoms with Crippen molar-refractivity contribution in [3.05, 3.63) is 69.5 Å². The van der Waals surface area contributed by atoms with Crippen molar-refractivity contribution >= 4 is 45.8 Å². The summed E-state index contributed by atoms with van der Waals surface area (Å²) in [6.07, 6.45) is 1.64. The van der Waals surface area contributed by atoms with Crippen molar-refractivity contribution in [3.8, 4) is 0 Å². The molecule has 3 N–H and O–H groups in total. The van der Waals surface area contributed by atoms with Gasteiger partial charge in [-0.1, -0.05) is 11.6 Å². The molecule has 0 unspecified atom stereocenters. The van der Waals surface area contributed by atoms with Crippen LogP contribution in [0.2, 0.25) is 5.02 Å². The van der Waals surface area contributed by atoms with Gasteiger partial charge in [-0.05, 0) is 43.3 Å². The minimum absolute atomic E-state index is 0.0420. The SMILES string of the molecule is Cc1cnc(Nc2ccc(Cl)c(F)c2)nc1Nc1ccc2oc(=O)[nH]c2c1. The molecule has 0 bridgehead atoms. The van der Waals surface area contributed by atoms with Crippen LogP contribution in [0.25, 0.3) is 11.1 Å². The molecule has 0 aliphatic rings. The number of nitrogens with one attached hydrogen (secondary N) is 3. The molecule has 0 amide bonds. The quantitative estimate of drug-likeness (QED) is 0.478. The molecule has 4 rings (SSSR count). The highest BCUT2D eigenvalue weighted by Gasteiger charge is 2.08. The number of benzene rings is 2. The Morgan fingerprint density at radius 1 is 1.15 bits per heavy atom. The number of aryl methyl sites for hydroxylation is 1. The van der Waals surface area contributed by atoms with E-state index in [4.69, 9.17) is 16.0 Å². The Bertz CT molecular complexity index is 1200. The fourth-order valence-corrected chi connectivity index (χ4v) is 2.62.